The van der Waals surface area contributed by atoms with Gasteiger partial charge in [0.15, 0.2) is 0 Å². The number of rotatable bonds is 6. The van der Waals surface area contributed by atoms with Crippen molar-refractivity contribution < 1.29 is 33.8 Å². The Morgan fingerprint density at radius 2 is 1.80 bits per heavy atom. The van der Waals surface area contributed by atoms with Crippen LogP contribution in [0.25, 0.3) is 22.5 Å². The number of carbonyl (C=O) groups excluding carboxylic acids is 3. The number of alkyl carbamates (subject to hydrolysis) is 1. The summed E-state index contributed by atoms with van der Waals surface area (Å²) in [6.45, 7) is 5.27. The van der Waals surface area contributed by atoms with Crippen molar-refractivity contribution in [3.63, 3.8) is 0 Å². The molecule has 2 aromatic heterocycles. The normalized spacial score (nSPS) is 26.4. The molecule has 3 aromatic rings. The highest BCUT2D eigenvalue weighted by Gasteiger charge is 2.61. The summed E-state index contributed by atoms with van der Waals surface area (Å²) in [7, 11) is 1.59. The largest absolute Gasteiger partial charge is 0.497 e. The predicted molar refractivity (Wildman–Crippen MR) is 181 cm³/mol. The second-order valence-electron chi connectivity index (χ2n) is 14.2. The molecule has 4 heterocycles. The lowest BCUT2D eigenvalue weighted by molar-refractivity contribution is -0.145. The van der Waals surface area contributed by atoms with E-state index in [1.54, 1.807) is 40.3 Å². The van der Waals surface area contributed by atoms with Crippen molar-refractivity contribution in [1.29, 1.82) is 0 Å². The van der Waals surface area contributed by atoms with Gasteiger partial charge in [0.25, 0.3) is 0 Å². The molecule has 1 aromatic carbocycles. The second kappa shape index (κ2) is 14.0. The summed E-state index contributed by atoms with van der Waals surface area (Å²) in [5.74, 6) is -1.83. The van der Waals surface area contributed by atoms with Gasteiger partial charge in [0.05, 0.1) is 19.3 Å². The van der Waals surface area contributed by atoms with Gasteiger partial charge in [-0.3, -0.25) is 14.7 Å². The molecule has 0 radical (unpaired) electrons. The molecule has 4 N–H and O–H groups in total. The van der Waals surface area contributed by atoms with Crippen molar-refractivity contribution in [2.75, 3.05) is 13.7 Å². The number of aliphatic carboxylic acids is 1. The number of carboxylic acids is 1. The Balaban J connectivity index is 1.35. The molecule has 3 aliphatic rings. The zero-order valence-corrected chi connectivity index (χ0v) is 28.7. The first-order chi connectivity index (χ1) is 23.9. The number of nitrogens with one attached hydrogen (secondary N) is 3. The van der Waals surface area contributed by atoms with Crippen LogP contribution in [0.3, 0.4) is 0 Å². The monoisotopic (exact) mass is 688 g/mol. The van der Waals surface area contributed by atoms with Crippen molar-refractivity contribution in [1.82, 2.24) is 40.7 Å². The minimum Gasteiger partial charge on any atom is -0.497 e. The number of allylic oxidation sites excluding steroid dienone is 1. The van der Waals surface area contributed by atoms with Gasteiger partial charge >= 0.3 is 12.1 Å². The van der Waals surface area contributed by atoms with Gasteiger partial charge in [0.2, 0.25) is 11.8 Å². The van der Waals surface area contributed by atoms with Crippen molar-refractivity contribution in [3.8, 4) is 28.3 Å². The third-order valence-electron chi connectivity index (χ3n) is 9.42. The number of hydrogen-bond acceptors (Lipinski definition) is 9. The molecule has 0 spiro atoms. The van der Waals surface area contributed by atoms with Crippen molar-refractivity contribution in [2.24, 2.45) is 5.92 Å². The number of amides is 3. The lowest BCUT2D eigenvalue weighted by atomic mass is 10.0. The maximum absolute atomic E-state index is 14.4. The van der Waals surface area contributed by atoms with Gasteiger partial charge in [-0.1, -0.05) is 25.0 Å². The quantitative estimate of drug-likeness (QED) is 0.276. The maximum Gasteiger partial charge on any atom is 0.408 e. The predicted octanol–water partition coefficient (Wildman–Crippen LogP) is 3.86. The Bertz CT molecular complexity index is 1750. The number of carbonyl (C=O) groups is 4. The van der Waals surface area contributed by atoms with Gasteiger partial charge in [-0.05, 0) is 70.7 Å². The Kier molecular flexibility index (Phi) is 9.67. The van der Waals surface area contributed by atoms with E-state index in [2.05, 4.69) is 20.8 Å². The van der Waals surface area contributed by atoms with Crippen LogP contribution in [-0.4, -0.2) is 96.0 Å². The Morgan fingerprint density at radius 3 is 2.46 bits per heavy atom. The van der Waals surface area contributed by atoms with E-state index in [9.17, 15) is 24.3 Å². The molecule has 1 saturated carbocycles. The topological polar surface area (TPSA) is 194 Å². The maximum atomic E-state index is 14.4. The summed E-state index contributed by atoms with van der Waals surface area (Å²) in [5, 5.41) is 32.3. The number of H-pyrrole nitrogens is 1. The molecule has 5 atom stereocenters. The fourth-order valence-corrected chi connectivity index (χ4v) is 6.70. The van der Waals surface area contributed by atoms with Crippen LogP contribution in [-0.2, 0) is 19.1 Å². The van der Waals surface area contributed by atoms with E-state index in [-0.39, 0.29) is 25.3 Å². The number of benzene rings is 1. The van der Waals surface area contributed by atoms with Crippen LogP contribution < -0.4 is 15.4 Å². The number of hydrogen-bond donors (Lipinski definition) is 4. The second-order valence-corrected chi connectivity index (χ2v) is 14.2. The third kappa shape index (κ3) is 7.36. The van der Waals surface area contributed by atoms with E-state index >= 15 is 0 Å². The zero-order valence-electron chi connectivity index (χ0n) is 28.7. The van der Waals surface area contributed by atoms with Crippen molar-refractivity contribution in [2.45, 2.75) is 95.0 Å². The highest BCUT2D eigenvalue weighted by Crippen LogP contribution is 2.45. The average molecular weight is 689 g/mol. The fourth-order valence-electron chi connectivity index (χ4n) is 6.70. The summed E-state index contributed by atoms with van der Waals surface area (Å²) in [5.41, 5.74) is 0.345. The van der Waals surface area contributed by atoms with Crippen molar-refractivity contribution >= 4 is 23.9 Å². The van der Waals surface area contributed by atoms with Gasteiger partial charge in [-0.15, -0.1) is 0 Å². The van der Waals surface area contributed by atoms with Crippen LogP contribution in [0.1, 0.15) is 71.8 Å². The van der Waals surface area contributed by atoms with E-state index in [0.29, 0.717) is 35.5 Å². The van der Waals surface area contributed by atoms with Gasteiger partial charge in [0, 0.05) is 36.2 Å². The van der Waals surface area contributed by atoms with E-state index in [1.165, 1.54) is 9.70 Å². The molecule has 15 heteroatoms. The van der Waals surface area contributed by atoms with Crippen LogP contribution in [0.5, 0.6) is 5.75 Å². The van der Waals surface area contributed by atoms with E-state index < -0.39 is 53.1 Å². The van der Waals surface area contributed by atoms with Crippen molar-refractivity contribution in [3.05, 3.63) is 48.8 Å². The molecule has 2 aliphatic heterocycles. The third-order valence-corrected chi connectivity index (χ3v) is 9.42. The molecule has 3 amide bonds. The lowest BCUT2D eigenvalue weighted by Gasteiger charge is -2.30. The number of methoxy groups -OCH3 is 1. The molecule has 0 unspecified atom stereocenters. The molecule has 266 valence electrons. The first-order valence-corrected chi connectivity index (χ1v) is 17.0. The van der Waals surface area contributed by atoms with Gasteiger partial charge in [-0.2, -0.15) is 20.1 Å². The van der Waals surface area contributed by atoms with E-state index in [4.69, 9.17) is 19.7 Å². The Hall–Kier alpha value is -5.21. The van der Waals surface area contributed by atoms with Crippen LogP contribution in [0.4, 0.5) is 4.79 Å². The number of aromatic nitrogens is 5. The Labute approximate surface area is 289 Å². The molecule has 0 bridgehead atoms. The minimum absolute atomic E-state index is 0.0500. The number of nitrogens with zero attached hydrogens (tertiary/aromatic N) is 5. The van der Waals surface area contributed by atoms with Gasteiger partial charge in [0.1, 0.15) is 40.4 Å². The summed E-state index contributed by atoms with van der Waals surface area (Å²) >= 11 is 0. The molecular weight excluding hydrogens is 644 g/mol. The minimum atomic E-state index is -1.45. The smallest absolute Gasteiger partial charge is 0.408 e. The number of aromatic amines is 1. The average Bonchev–Trinajstić information content (AvgIpc) is 3.52. The lowest BCUT2D eigenvalue weighted by Crippen LogP contribution is -2.56. The molecule has 15 nitrogen and oxygen atoms in total. The highest BCUT2D eigenvalue weighted by atomic mass is 16.6. The standard InChI is InChI=1S/C35H44N8O7/c1-34(2,3)50-33(48)38-26-11-9-7-5-6-8-10-23-17-35(23,32(46)47)39-30(44)27-16-24(20-42(27)31(26)45)43-40-28(21-12-14-25(49-4)15-13-21)29(41-43)22-18-36-37-19-22/h8,10,12-15,18-19,23-24,26-27H,5-7,9,11,16-17,20H2,1-4H3,(H,36,37)(H,38,48)(H,39,44)(H,46,47)/b10-8-/t23-,24-,26+,27-,35-/m0/s1. The Morgan fingerprint density at radius 1 is 1.06 bits per heavy atom. The van der Waals surface area contributed by atoms with Crippen LogP contribution in [0, 0.1) is 5.92 Å². The number of ether oxygens (including phenoxy) is 2. The van der Waals surface area contributed by atoms with Crippen LogP contribution in [0.15, 0.2) is 48.8 Å². The first-order valence-electron chi connectivity index (χ1n) is 17.0. The highest BCUT2D eigenvalue weighted by molar-refractivity contribution is 5.96. The summed E-state index contributed by atoms with van der Waals surface area (Å²) in [4.78, 5) is 56.8. The SMILES string of the molecule is COc1ccc(-c2nn([C@H]3C[C@H]4C(=O)N[C@@]5(C(=O)O)C[C@@H]5/C=C\CCCCC[C@@H](NC(=O)OC(C)(C)C)C(=O)N4C3)nc2-c2cn[nH]c2)cc1. The summed E-state index contributed by atoms with van der Waals surface area (Å²) < 4.78 is 10.8. The number of carboxylic acid groups (broad SMARTS) is 1. The van der Waals surface area contributed by atoms with Gasteiger partial charge < -0.3 is 30.1 Å². The summed E-state index contributed by atoms with van der Waals surface area (Å²) in [6.07, 6.45) is 10.2. The molecule has 1 saturated heterocycles. The zero-order chi connectivity index (χ0) is 35.6. The molecule has 50 heavy (non-hydrogen) atoms. The molecule has 6 rings (SSSR count). The van der Waals surface area contributed by atoms with Crippen LogP contribution in [0.2, 0.25) is 0 Å². The molecule has 2 fully saturated rings. The number of fused-ring (bicyclic) bond motifs is 2. The molecular formula is C35H44N8O7. The molecule has 1 aliphatic carbocycles. The fraction of sp³-hybridized carbons (Fsp3) is 0.514. The van der Waals surface area contributed by atoms with E-state index in [0.717, 1.165) is 24.8 Å². The summed E-state index contributed by atoms with van der Waals surface area (Å²) in [6, 6.07) is 4.80. The first kappa shape index (κ1) is 34.6. The van der Waals surface area contributed by atoms with E-state index in [1.807, 2.05) is 36.4 Å². The van der Waals surface area contributed by atoms with Gasteiger partial charge in [-0.25, -0.2) is 9.59 Å². The van der Waals surface area contributed by atoms with Crippen LogP contribution >= 0.6 is 0 Å².